The molecule has 0 atom stereocenters. The highest BCUT2D eigenvalue weighted by atomic mass is 35.5. The van der Waals surface area contributed by atoms with Crippen molar-refractivity contribution in [2.24, 2.45) is 0 Å². The van der Waals surface area contributed by atoms with Crippen LogP contribution in [0, 0.1) is 0 Å². The Bertz CT molecular complexity index is 214. The monoisotopic (exact) mass is 366 g/mol. The molecule has 0 fully saturated rings. The van der Waals surface area contributed by atoms with Crippen molar-refractivity contribution in [2.75, 3.05) is 63.0 Å². The summed E-state index contributed by atoms with van der Waals surface area (Å²) in [6, 6.07) is -0.242. The second-order valence-electron chi connectivity index (χ2n) is 3.99. The first-order valence-electron chi connectivity index (χ1n) is 6.38. The van der Waals surface area contributed by atoms with E-state index in [2.05, 4.69) is 10.6 Å². The van der Waals surface area contributed by atoms with E-state index in [0.29, 0.717) is 63.0 Å². The molecule has 0 aliphatic heterocycles. The molecule has 0 aliphatic rings. The molecule has 0 saturated heterocycles. The molecule has 0 aliphatic carbocycles. The van der Waals surface area contributed by atoms with Gasteiger partial charge in [-0.25, -0.2) is 4.79 Å². The van der Waals surface area contributed by atoms with Gasteiger partial charge in [-0.2, -0.15) is 0 Å². The number of rotatable bonds is 12. The summed E-state index contributed by atoms with van der Waals surface area (Å²) in [5.74, 6) is 2.00. The van der Waals surface area contributed by atoms with Crippen molar-refractivity contribution in [3.63, 3.8) is 0 Å². The molecule has 2 N–H and O–H groups in total. The maximum Gasteiger partial charge on any atom is 0.316 e. The van der Waals surface area contributed by atoms with Crippen LogP contribution < -0.4 is 10.6 Å². The minimum atomic E-state index is -0.242. The molecule has 0 bridgehead atoms. The van der Waals surface area contributed by atoms with Crippen LogP contribution in [0.5, 0.6) is 0 Å². The Morgan fingerprint density at radius 1 is 0.700 bits per heavy atom. The molecular weight excluding hydrogens is 346 g/mol. The first-order chi connectivity index (χ1) is 9.67. The number of carbonyl (C=O) groups excluding carboxylic acids is 1. The fourth-order valence-corrected chi connectivity index (χ4v) is 2.40. The van der Waals surface area contributed by atoms with Gasteiger partial charge in [0.05, 0.1) is 13.3 Å². The quantitative estimate of drug-likeness (QED) is 0.408. The van der Waals surface area contributed by atoms with Crippen LogP contribution in [0.3, 0.4) is 0 Å². The topological polar surface area (TPSA) is 47.6 Å². The first-order valence-corrected chi connectivity index (χ1v) is 8.52. The largest absolute Gasteiger partial charge is 0.325 e. The lowest BCUT2D eigenvalue weighted by molar-refractivity contribution is 0.214. The van der Waals surface area contributed by atoms with E-state index < -0.39 is 0 Å². The molecule has 0 aromatic rings. The first kappa shape index (κ1) is 20.3. The zero-order valence-electron chi connectivity index (χ0n) is 11.4. The van der Waals surface area contributed by atoms with Gasteiger partial charge in [-0.15, -0.1) is 46.4 Å². The summed E-state index contributed by atoms with van der Waals surface area (Å²) in [7, 11) is 0. The Balaban J connectivity index is 3.89. The van der Waals surface area contributed by atoms with Gasteiger partial charge in [-0.05, 0) is 0 Å². The van der Waals surface area contributed by atoms with Crippen molar-refractivity contribution in [3.05, 3.63) is 0 Å². The third-order valence-corrected chi connectivity index (χ3v) is 3.21. The molecule has 5 nitrogen and oxygen atoms in total. The van der Waals surface area contributed by atoms with E-state index in [9.17, 15) is 4.79 Å². The summed E-state index contributed by atoms with van der Waals surface area (Å²) < 4.78 is 0. The fraction of sp³-hybridized carbons (Fsp3) is 0.909. The van der Waals surface area contributed by atoms with Crippen molar-refractivity contribution in [1.82, 2.24) is 20.4 Å². The standard InChI is InChI=1S/C11H22Cl4N4O/c12-1-5-18(6-2-13)9-16-11(20)17-10-19(7-3-14)8-4-15/h1-10H2,(H2,16,17,20). The van der Waals surface area contributed by atoms with E-state index in [-0.39, 0.29) is 6.03 Å². The average molecular weight is 368 g/mol. The summed E-state index contributed by atoms with van der Waals surface area (Å²) in [6.07, 6.45) is 0. The minimum Gasteiger partial charge on any atom is -0.325 e. The Hall–Kier alpha value is 0.350. The molecule has 0 saturated carbocycles. The molecule has 0 rings (SSSR count). The van der Waals surface area contributed by atoms with Gasteiger partial charge in [0.2, 0.25) is 0 Å². The molecule has 2 amide bonds. The average Bonchev–Trinajstić information content (AvgIpc) is 2.43. The van der Waals surface area contributed by atoms with Crippen LogP contribution in [0.1, 0.15) is 0 Å². The highest BCUT2D eigenvalue weighted by molar-refractivity contribution is 6.18. The van der Waals surface area contributed by atoms with Gasteiger partial charge in [0.25, 0.3) is 0 Å². The molecule has 120 valence electrons. The highest BCUT2D eigenvalue weighted by Gasteiger charge is 2.08. The lowest BCUT2D eigenvalue weighted by Gasteiger charge is -2.23. The lowest BCUT2D eigenvalue weighted by Crippen LogP contribution is -2.47. The van der Waals surface area contributed by atoms with Crippen molar-refractivity contribution < 1.29 is 4.79 Å². The van der Waals surface area contributed by atoms with Crippen LogP contribution in [0.2, 0.25) is 0 Å². The van der Waals surface area contributed by atoms with Gasteiger partial charge in [0.1, 0.15) is 0 Å². The second kappa shape index (κ2) is 14.3. The zero-order valence-corrected chi connectivity index (χ0v) is 14.4. The third-order valence-electron chi connectivity index (χ3n) is 2.53. The predicted molar refractivity (Wildman–Crippen MR) is 87.4 cm³/mol. The summed E-state index contributed by atoms with van der Waals surface area (Å²) >= 11 is 22.7. The predicted octanol–water partition coefficient (Wildman–Crippen LogP) is 1.76. The van der Waals surface area contributed by atoms with Crippen LogP contribution in [0.15, 0.2) is 0 Å². The third kappa shape index (κ3) is 11.1. The van der Waals surface area contributed by atoms with Crippen LogP contribution in [-0.4, -0.2) is 78.9 Å². The van der Waals surface area contributed by atoms with Gasteiger partial charge in [-0.1, -0.05) is 0 Å². The molecule has 20 heavy (non-hydrogen) atoms. The zero-order chi connectivity index (χ0) is 15.2. The van der Waals surface area contributed by atoms with Gasteiger partial charge in [0.15, 0.2) is 0 Å². The smallest absolute Gasteiger partial charge is 0.316 e. The summed E-state index contributed by atoms with van der Waals surface area (Å²) in [5, 5.41) is 5.52. The Morgan fingerprint density at radius 2 is 1.00 bits per heavy atom. The molecule has 0 aromatic heterocycles. The van der Waals surface area contributed by atoms with Crippen LogP contribution in [-0.2, 0) is 0 Å². The Kier molecular flexibility index (Phi) is 14.5. The van der Waals surface area contributed by atoms with E-state index in [1.54, 1.807) is 0 Å². The van der Waals surface area contributed by atoms with Crippen molar-refractivity contribution in [1.29, 1.82) is 0 Å². The fourth-order valence-electron chi connectivity index (χ4n) is 1.45. The SMILES string of the molecule is O=C(NCN(CCCl)CCCl)NCN(CCCl)CCCl. The highest BCUT2D eigenvalue weighted by Crippen LogP contribution is 1.91. The molecular formula is C11H22Cl4N4O. The summed E-state index contributed by atoms with van der Waals surface area (Å²) in [5.41, 5.74) is 0. The molecule has 0 spiro atoms. The van der Waals surface area contributed by atoms with Crippen LogP contribution in [0.4, 0.5) is 4.79 Å². The normalized spacial score (nSPS) is 11.1. The molecule has 0 aromatic carbocycles. The number of nitrogens with one attached hydrogen (secondary N) is 2. The van der Waals surface area contributed by atoms with Crippen molar-refractivity contribution in [2.45, 2.75) is 0 Å². The number of hydrogen-bond donors (Lipinski definition) is 2. The number of carbonyl (C=O) groups is 1. The van der Waals surface area contributed by atoms with E-state index in [0.717, 1.165) is 0 Å². The molecule has 0 unspecified atom stereocenters. The van der Waals surface area contributed by atoms with E-state index in [4.69, 9.17) is 46.4 Å². The number of nitrogens with zero attached hydrogens (tertiary/aromatic N) is 2. The Morgan fingerprint density at radius 3 is 1.25 bits per heavy atom. The Labute approximate surface area is 140 Å². The van der Waals surface area contributed by atoms with Gasteiger partial charge in [-0.3, -0.25) is 9.80 Å². The lowest BCUT2D eigenvalue weighted by atomic mass is 10.5. The van der Waals surface area contributed by atoms with Crippen molar-refractivity contribution >= 4 is 52.4 Å². The van der Waals surface area contributed by atoms with E-state index in [1.807, 2.05) is 9.80 Å². The van der Waals surface area contributed by atoms with Crippen LogP contribution in [0.25, 0.3) is 0 Å². The minimum absolute atomic E-state index is 0.242. The molecule has 0 heterocycles. The number of halogens is 4. The summed E-state index contributed by atoms with van der Waals surface area (Å²) in [6.45, 7) is 3.54. The second-order valence-corrected chi connectivity index (χ2v) is 5.50. The summed E-state index contributed by atoms with van der Waals surface area (Å²) in [4.78, 5) is 15.6. The number of urea groups is 1. The van der Waals surface area contributed by atoms with Gasteiger partial charge in [0, 0.05) is 49.7 Å². The molecule has 0 radical (unpaired) electrons. The molecule has 9 heteroatoms. The number of amides is 2. The van der Waals surface area contributed by atoms with Gasteiger partial charge >= 0.3 is 6.03 Å². The number of alkyl halides is 4. The number of hydrogen-bond acceptors (Lipinski definition) is 3. The van der Waals surface area contributed by atoms with Gasteiger partial charge < -0.3 is 10.6 Å². The maximum atomic E-state index is 11.7. The maximum absolute atomic E-state index is 11.7. The van der Waals surface area contributed by atoms with E-state index in [1.165, 1.54) is 0 Å². The van der Waals surface area contributed by atoms with E-state index >= 15 is 0 Å². The van der Waals surface area contributed by atoms with Crippen molar-refractivity contribution in [3.8, 4) is 0 Å². The van der Waals surface area contributed by atoms with Crippen LogP contribution >= 0.6 is 46.4 Å².